The van der Waals surface area contributed by atoms with Gasteiger partial charge in [-0.1, -0.05) is 23.7 Å². The number of anilines is 1. The minimum absolute atomic E-state index is 0.0426. The number of benzene rings is 2. The Morgan fingerprint density at radius 3 is 2.71 bits per heavy atom. The molecule has 0 radical (unpaired) electrons. The van der Waals surface area contributed by atoms with Crippen molar-refractivity contribution in [3.8, 4) is 6.07 Å². The van der Waals surface area contributed by atoms with Crippen LogP contribution in [0.5, 0.6) is 0 Å². The van der Waals surface area contributed by atoms with Gasteiger partial charge in [0.05, 0.1) is 4.92 Å². The first kappa shape index (κ1) is 14.8. The van der Waals surface area contributed by atoms with Gasteiger partial charge in [0.25, 0.3) is 5.69 Å². The lowest BCUT2D eigenvalue weighted by atomic mass is 10.1. The number of nitrogens with zero attached hydrogens (tertiary/aromatic N) is 2. The molecule has 0 aliphatic heterocycles. The van der Waals surface area contributed by atoms with Gasteiger partial charge in [-0.3, -0.25) is 10.1 Å². The molecular formula is C15H12ClN3O2. The second-order valence-corrected chi connectivity index (χ2v) is 4.96. The van der Waals surface area contributed by atoms with Crippen molar-refractivity contribution in [3.05, 3.63) is 68.7 Å². The molecule has 0 saturated heterocycles. The minimum atomic E-state index is -0.562. The van der Waals surface area contributed by atoms with Crippen molar-refractivity contribution >= 4 is 23.0 Å². The van der Waals surface area contributed by atoms with Crippen molar-refractivity contribution in [2.24, 2.45) is 0 Å². The fourth-order valence-electron chi connectivity index (χ4n) is 1.98. The van der Waals surface area contributed by atoms with Gasteiger partial charge >= 0.3 is 0 Å². The monoisotopic (exact) mass is 301 g/mol. The molecule has 1 unspecified atom stereocenters. The van der Waals surface area contributed by atoms with Gasteiger partial charge in [-0.2, -0.15) is 5.26 Å². The van der Waals surface area contributed by atoms with Crippen LogP contribution >= 0.6 is 11.6 Å². The second kappa shape index (κ2) is 6.25. The van der Waals surface area contributed by atoms with E-state index in [-0.39, 0.29) is 17.3 Å². The molecule has 1 atom stereocenters. The summed E-state index contributed by atoms with van der Waals surface area (Å²) in [5.74, 6) is 0. The molecule has 0 fully saturated rings. The molecule has 0 heterocycles. The van der Waals surface area contributed by atoms with Crippen molar-refractivity contribution in [1.82, 2.24) is 0 Å². The Bertz CT molecular complexity index is 725. The maximum absolute atomic E-state index is 10.9. The van der Waals surface area contributed by atoms with E-state index in [0.29, 0.717) is 10.7 Å². The number of hydrogen-bond acceptors (Lipinski definition) is 4. The third-order valence-electron chi connectivity index (χ3n) is 3.05. The molecule has 106 valence electrons. The summed E-state index contributed by atoms with van der Waals surface area (Å²) in [6.07, 6.45) is 0. The zero-order chi connectivity index (χ0) is 15.4. The average Bonchev–Trinajstić information content (AvgIpc) is 2.47. The lowest BCUT2D eigenvalue weighted by Gasteiger charge is -2.16. The van der Waals surface area contributed by atoms with Gasteiger partial charge in [0.15, 0.2) is 0 Å². The van der Waals surface area contributed by atoms with Crippen LogP contribution in [0.4, 0.5) is 11.4 Å². The quantitative estimate of drug-likeness (QED) is 0.674. The fraction of sp³-hybridized carbons (Fsp3) is 0.133. The Hall–Kier alpha value is -2.58. The number of rotatable bonds is 4. The highest BCUT2D eigenvalue weighted by Gasteiger charge is 2.15. The zero-order valence-corrected chi connectivity index (χ0v) is 12.0. The van der Waals surface area contributed by atoms with Crippen LogP contribution in [0.2, 0.25) is 5.02 Å². The van der Waals surface area contributed by atoms with Gasteiger partial charge in [-0.05, 0) is 36.8 Å². The first-order valence-corrected chi connectivity index (χ1v) is 6.59. The van der Waals surface area contributed by atoms with Gasteiger partial charge in [0, 0.05) is 22.8 Å². The molecule has 0 amide bonds. The van der Waals surface area contributed by atoms with E-state index in [1.165, 1.54) is 12.1 Å². The molecule has 0 bridgehead atoms. The van der Waals surface area contributed by atoms with E-state index in [0.717, 1.165) is 5.56 Å². The Morgan fingerprint density at radius 1 is 1.33 bits per heavy atom. The van der Waals surface area contributed by atoms with Crippen LogP contribution in [0, 0.1) is 21.4 Å². The topological polar surface area (TPSA) is 79.0 Å². The van der Waals surface area contributed by atoms with E-state index < -0.39 is 4.92 Å². The van der Waals surface area contributed by atoms with Crippen LogP contribution in [0.15, 0.2) is 42.5 Å². The molecule has 5 nitrogen and oxygen atoms in total. The zero-order valence-electron chi connectivity index (χ0n) is 11.2. The van der Waals surface area contributed by atoms with Gasteiger partial charge < -0.3 is 5.32 Å². The van der Waals surface area contributed by atoms with Crippen LogP contribution in [0.25, 0.3) is 0 Å². The molecule has 0 saturated carbocycles. The summed E-state index contributed by atoms with van der Waals surface area (Å²) < 4.78 is 0. The summed E-state index contributed by atoms with van der Waals surface area (Å²) in [5, 5.41) is 23.6. The number of nitriles is 1. The lowest BCUT2D eigenvalue weighted by Crippen LogP contribution is -2.07. The number of halogens is 1. The van der Waals surface area contributed by atoms with E-state index in [4.69, 9.17) is 16.9 Å². The van der Waals surface area contributed by atoms with Crippen molar-refractivity contribution in [2.45, 2.75) is 13.0 Å². The largest absolute Gasteiger partial charge is 0.378 e. The summed E-state index contributed by atoms with van der Waals surface area (Å²) in [7, 11) is 0. The minimum Gasteiger partial charge on any atom is -0.378 e. The van der Waals surface area contributed by atoms with Crippen LogP contribution in [-0.2, 0) is 0 Å². The van der Waals surface area contributed by atoms with Crippen molar-refractivity contribution < 1.29 is 4.92 Å². The summed E-state index contributed by atoms with van der Waals surface area (Å²) in [6, 6.07) is 13.6. The van der Waals surface area contributed by atoms with Crippen LogP contribution in [0.3, 0.4) is 0 Å². The predicted molar refractivity (Wildman–Crippen MR) is 81.3 cm³/mol. The van der Waals surface area contributed by atoms with E-state index in [9.17, 15) is 10.1 Å². The van der Waals surface area contributed by atoms with Crippen LogP contribution in [-0.4, -0.2) is 4.92 Å². The highest BCUT2D eigenvalue weighted by atomic mass is 35.5. The molecular weight excluding hydrogens is 290 g/mol. The first-order valence-electron chi connectivity index (χ1n) is 6.22. The van der Waals surface area contributed by atoms with E-state index in [1.54, 1.807) is 12.1 Å². The maximum Gasteiger partial charge on any atom is 0.289 e. The third kappa shape index (κ3) is 3.50. The molecule has 0 aliphatic rings. The Balaban J connectivity index is 2.26. The predicted octanol–water partition coefficient (Wildman–Crippen LogP) is 4.29. The molecule has 0 spiro atoms. The Kier molecular flexibility index (Phi) is 4.41. The van der Waals surface area contributed by atoms with E-state index >= 15 is 0 Å². The van der Waals surface area contributed by atoms with Crippen molar-refractivity contribution in [3.63, 3.8) is 0 Å². The normalized spacial score (nSPS) is 11.5. The standard InChI is InChI=1S/C15H12ClN3O2/c1-10(11-3-2-4-13(16)7-11)18-14-6-5-12(9-17)15(8-14)19(20)21/h2-8,10,18H,1H3. The number of nitro groups is 1. The first-order chi connectivity index (χ1) is 10.0. The molecule has 0 aliphatic carbocycles. The van der Waals surface area contributed by atoms with E-state index in [2.05, 4.69) is 5.32 Å². The summed E-state index contributed by atoms with van der Waals surface area (Å²) >= 11 is 5.95. The second-order valence-electron chi connectivity index (χ2n) is 4.52. The Labute approximate surface area is 126 Å². The molecule has 1 N–H and O–H groups in total. The SMILES string of the molecule is CC(Nc1ccc(C#N)c([N+](=O)[O-])c1)c1cccc(Cl)c1. The smallest absolute Gasteiger partial charge is 0.289 e. The number of nitrogens with one attached hydrogen (secondary N) is 1. The van der Waals surface area contributed by atoms with Gasteiger partial charge in [0.1, 0.15) is 11.6 Å². The van der Waals surface area contributed by atoms with Gasteiger partial charge in [-0.15, -0.1) is 0 Å². The maximum atomic E-state index is 10.9. The molecule has 2 aromatic rings. The molecule has 2 rings (SSSR count). The number of hydrogen-bond donors (Lipinski definition) is 1. The van der Waals surface area contributed by atoms with Crippen LogP contribution in [0.1, 0.15) is 24.1 Å². The molecule has 6 heteroatoms. The molecule has 0 aromatic heterocycles. The van der Waals surface area contributed by atoms with E-state index in [1.807, 2.05) is 31.2 Å². The van der Waals surface area contributed by atoms with Gasteiger partial charge in [0.2, 0.25) is 0 Å². The lowest BCUT2D eigenvalue weighted by molar-refractivity contribution is -0.385. The Morgan fingerprint density at radius 2 is 2.10 bits per heavy atom. The average molecular weight is 302 g/mol. The highest BCUT2D eigenvalue weighted by Crippen LogP contribution is 2.26. The summed E-state index contributed by atoms with van der Waals surface area (Å²) in [6.45, 7) is 1.93. The summed E-state index contributed by atoms with van der Waals surface area (Å²) in [5.41, 5.74) is 1.38. The van der Waals surface area contributed by atoms with Gasteiger partial charge in [-0.25, -0.2) is 0 Å². The van der Waals surface area contributed by atoms with Crippen LogP contribution < -0.4 is 5.32 Å². The summed E-state index contributed by atoms with van der Waals surface area (Å²) in [4.78, 5) is 10.4. The van der Waals surface area contributed by atoms with Crippen molar-refractivity contribution in [2.75, 3.05) is 5.32 Å². The highest BCUT2D eigenvalue weighted by molar-refractivity contribution is 6.30. The van der Waals surface area contributed by atoms with Crippen molar-refractivity contribution in [1.29, 1.82) is 5.26 Å². The molecule has 2 aromatic carbocycles. The fourth-order valence-corrected chi connectivity index (χ4v) is 2.18. The third-order valence-corrected chi connectivity index (χ3v) is 3.28. The molecule has 21 heavy (non-hydrogen) atoms. The number of nitro benzene ring substituents is 1.